The van der Waals surface area contributed by atoms with Crippen LogP contribution >= 0.6 is 0 Å². The SMILES string of the molecule is CN(C(=O)C(N)Cc1ccccc1)c1cccc2c1COCO2. The minimum Gasteiger partial charge on any atom is -0.467 e. The van der Waals surface area contributed by atoms with Crippen LogP contribution in [0.3, 0.4) is 0 Å². The van der Waals surface area contributed by atoms with E-state index in [1.165, 1.54) is 0 Å². The summed E-state index contributed by atoms with van der Waals surface area (Å²) in [6.45, 7) is 0.665. The highest BCUT2D eigenvalue weighted by Crippen LogP contribution is 2.32. The molecule has 0 spiro atoms. The molecule has 2 N–H and O–H groups in total. The highest BCUT2D eigenvalue weighted by atomic mass is 16.7. The molecular weight excluding hydrogens is 292 g/mol. The molecule has 0 aromatic heterocycles. The van der Waals surface area contributed by atoms with Gasteiger partial charge in [-0.15, -0.1) is 0 Å². The van der Waals surface area contributed by atoms with Crippen molar-refractivity contribution >= 4 is 11.6 Å². The van der Waals surface area contributed by atoms with Gasteiger partial charge in [-0.1, -0.05) is 36.4 Å². The highest BCUT2D eigenvalue weighted by molar-refractivity contribution is 5.97. The quantitative estimate of drug-likeness (QED) is 0.939. The summed E-state index contributed by atoms with van der Waals surface area (Å²) in [6.07, 6.45) is 0.506. The number of nitrogens with two attached hydrogens (primary N) is 1. The van der Waals surface area contributed by atoms with Crippen LogP contribution in [-0.4, -0.2) is 25.8 Å². The Balaban J connectivity index is 1.77. The lowest BCUT2D eigenvalue weighted by molar-refractivity contribution is -0.119. The number of nitrogens with zero attached hydrogens (tertiary/aromatic N) is 1. The molecule has 5 heteroatoms. The third kappa shape index (κ3) is 3.36. The molecule has 2 aromatic rings. The Bertz CT molecular complexity index is 688. The number of carbonyl (C=O) groups is 1. The van der Waals surface area contributed by atoms with Gasteiger partial charge in [-0.05, 0) is 24.1 Å². The van der Waals surface area contributed by atoms with Crippen LogP contribution in [-0.2, 0) is 22.6 Å². The molecule has 23 heavy (non-hydrogen) atoms. The molecule has 0 fully saturated rings. The molecule has 1 unspecified atom stereocenters. The molecule has 0 radical (unpaired) electrons. The summed E-state index contributed by atoms with van der Waals surface area (Å²) in [6, 6.07) is 14.8. The van der Waals surface area contributed by atoms with Crippen molar-refractivity contribution in [2.45, 2.75) is 19.1 Å². The average Bonchev–Trinajstić information content (AvgIpc) is 2.60. The second kappa shape index (κ2) is 6.81. The first kappa shape index (κ1) is 15.5. The van der Waals surface area contributed by atoms with Crippen molar-refractivity contribution in [3.63, 3.8) is 0 Å². The lowest BCUT2D eigenvalue weighted by Gasteiger charge is -2.27. The van der Waals surface area contributed by atoms with Crippen LogP contribution in [0.15, 0.2) is 48.5 Å². The summed E-state index contributed by atoms with van der Waals surface area (Å²) in [5.41, 5.74) is 8.80. The number of hydrogen-bond acceptors (Lipinski definition) is 4. The van der Waals surface area contributed by atoms with Gasteiger partial charge in [0, 0.05) is 12.6 Å². The van der Waals surface area contributed by atoms with Crippen LogP contribution in [0.5, 0.6) is 5.75 Å². The van der Waals surface area contributed by atoms with Crippen LogP contribution in [0.4, 0.5) is 5.69 Å². The Kier molecular flexibility index (Phi) is 4.60. The molecule has 0 aliphatic carbocycles. The maximum atomic E-state index is 12.7. The van der Waals surface area contributed by atoms with Crippen molar-refractivity contribution in [3.05, 3.63) is 59.7 Å². The maximum Gasteiger partial charge on any atom is 0.243 e. The third-order valence-electron chi connectivity index (χ3n) is 3.96. The Labute approximate surface area is 135 Å². The Morgan fingerprint density at radius 1 is 1.22 bits per heavy atom. The summed E-state index contributed by atoms with van der Waals surface area (Å²) in [5, 5.41) is 0. The number of hydrogen-bond donors (Lipinski definition) is 1. The maximum absolute atomic E-state index is 12.7. The summed E-state index contributed by atoms with van der Waals surface area (Å²) in [7, 11) is 1.73. The number of ether oxygens (including phenoxy) is 2. The van der Waals surface area contributed by atoms with Gasteiger partial charge in [-0.2, -0.15) is 0 Å². The van der Waals surface area contributed by atoms with Crippen LogP contribution in [0.2, 0.25) is 0 Å². The molecule has 1 atom stereocenters. The number of fused-ring (bicyclic) bond motifs is 1. The number of carbonyl (C=O) groups excluding carboxylic acids is 1. The van der Waals surface area contributed by atoms with Gasteiger partial charge in [0.05, 0.1) is 18.3 Å². The zero-order chi connectivity index (χ0) is 16.2. The molecule has 5 nitrogen and oxygen atoms in total. The van der Waals surface area contributed by atoms with Crippen molar-refractivity contribution in [3.8, 4) is 5.75 Å². The van der Waals surface area contributed by atoms with Gasteiger partial charge < -0.3 is 20.1 Å². The lowest BCUT2D eigenvalue weighted by atomic mass is 10.0. The van der Waals surface area contributed by atoms with Crippen molar-refractivity contribution in [2.24, 2.45) is 5.73 Å². The van der Waals surface area contributed by atoms with Gasteiger partial charge >= 0.3 is 0 Å². The molecule has 1 aliphatic rings. The Hall–Kier alpha value is -2.37. The van der Waals surface area contributed by atoms with Crippen LogP contribution in [0.1, 0.15) is 11.1 Å². The van der Waals surface area contributed by atoms with Gasteiger partial charge in [-0.3, -0.25) is 4.79 Å². The molecule has 0 saturated heterocycles. The van der Waals surface area contributed by atoms with E-state index in [1.54, 1.807) is 11.9 Å². The van der Waals surface area contributed by atoms with Crippen molar-refractivity contribution in [1.82, 2.24) is 0 Å². The highest BCUT2D eigenvalue weighted by Gasteiger charge is 2.24. The summed E-state index contributed by atoms with van der Waals surface area (Å²) < 4.78 is 10.8. The van der Waals surface area contributed by atoms with Crippen LogP contribution < -0.4 is 15.4 Å². The molecule has 3 rings (SSSR count). The number of amides is 1. The van der Waals surface area contributed by atoms with E-state index < -0.39 is 6.04 Å². The first-order valence-electron chi connectivity index (χ1n) is 7.56. The topological polar surface area (TPSA) is 64.8 Å². The minimum absolute atomic E-state index is 0.132. The Morgan fingerprint density at radius 3 is 2.78 bits per heavy atom. The second-order valence-electron chi connectivity index (χ2n) is 5.56. The number of likely N-dealkylation sites (N-methyl/N-ethyl adjacent to an activating group) is 1. The zero-order valence-electron chi connectivity index (χ0n) is 13.1. The smallest absolute Gasteiger partial charge is 0.243 e. The fourth-order valence-corrected chi connectivity index (χ4v) is 2.72. The first-order valence-corrected chi connectivity index (χ1v) is 7.56. The predicted octanol–water partition coefficient (Wildman–Crippen LogP) is 2.09. The van der Waals surface area contributed by atoms with Crippen molar-refractivity contribution < 1.29 is 14.3 Å². The van der Waals surface area contributed by atoms with E-state index in [0.717, 1.165) is 22.6 Å². The fraction of sp³-hybridized carbons (Fsp3) is 0.278. The lowest BCUT2D eigenvalue weighted by Crippen LogP contribution is -2.43. The number of anilines is 1. The van der Waals surface area contributed by atoms with Crippen molar-refractivity contribution in [2.75, 3.05) is 18.7 Å². The van der Waals surface area contributed by atoms with Gasteiger partial charge in [-0.25, -0.2) is 0 Å². The van der Waals surface area contributed by atoms with Crippen molar-refractivity contribution in [1.29, 1.82) is 0 Å². The molecule has 2 aromatic carbocycles. The molecular formula is C18H20N2O3. The monoisotopic (exact) mass is 312 g/mol. The summed E-state index contributed by atoms with van der Waals surface area (Å²) in [5.74, 6) is 0.623. The Morgan fingerprint density at radius 2 is 2.00 bits per heavy atom. The minimum atomic E-state index is -0.594. The summed E-state index contributed by atoms with van der Waals surface area (Å²) in [4.78, 5) is 14.2. The average molecular weight is 312 g/mol. The third-order valence-corrected chi connectivity index (χ3v) is 3.96. The van der Waals surface area contributed by atoms with Gasteiger partial charge in [0.1, 0.15) is 5.75 Å². The van der Waals surface area contributed by atoms with E-state index in [2.05, 4.69) is 0 Å². The number of benzene rings is 2. The summed E-state index contributed by atoms with van der Waals surface area (Å²) >= 11 is 0. The van der Waals surface area contributed by atoms with Gasteiger partial charge in [0.15, 0.2) is 6.79 Å². The molecule has 1 heterocycles. The van der Waals surface area contributed by atoms with E-state index >= 15 is 0 Å². The normalized spacial score (nSPS) is 14.5. The molecule has 1 amide bonds. The van der Waals surface area contributed by atoms with E-state index in [4.69, 9.17) is 15.2 Å². The first-order chi connectivity index (χ1) is 11.2. The van der Waals surface area contributed by atoms with E-state index in [9.17, 15) is 4.79 Å². The van der Waals surface area contributed by atoms with Gasteiger partial charge in [0.25, 0.3) is 0 Å². The largest absolute Gasteiger partial charge is 0.467 e. The second-order valence-corrected chi connectivity index (χ2v) is 5.56. The van der Waals surface area contributed by atoms with Crippen LogP contribution in [0.25, 0.3) is 0 Å². The molecule has 0 saturated carbocycles. The molecule has 1 aliphatic heterocycles. The standard InChI is InChI=1S/C18H20N2O3/c1-20(16-8-5-9-17-14(16)11-22-12-23-17)18(21)15(19)10-13-6-3-2-4-7-13/h2-9,15H,10-12,19H2,1H3. The zero-order valence-corrected chi connectivity index (χ0v) is 13.1. The van der Waals surface area contributed by atoms with E-state index in [-0.39, 0.29) is 12.7 Å². The predicted molar refractivity (Wildman–Crippen MR) is 88.3 cm³/mol. The van der Waals surface area contributed by atoms with E-state index in [0.29, 0.717) is 13.0 Å². The molecule has 120 valence electrons. The van der Waals surface area contributed by atoms with Gasteiger partial charge in [0.2, 0.25) is 5.91 Å². The number of rotatable bonds is 4. The van der Waals surface area contributed by atoms with E-state index in [1.807, 2.05) is 48.5 Å². The fourth-order valence-electron chi connectivity index (χ4n) is 2.72. The molecule has 0 bridgehead atoms. The van der Waals surface area contributed by atoms with Crippen LogP contribution in [0, 0.1) is 0 Å².